The first-order valence-electron chi connectivity index (χ1n) is 7.58. The van der Waals surface area contributed by atoms with Crippen LogP contribution in [0, 0.1) is 12.8 Å². The summed E-state index contributed by atoms with van der Waals surface area (Å²) in [7, 11) is 0. The summed E-state index contributed by atoms with van der Waals surface area (Å²) in [5.41, 5.74) is 1.57. The second-order valence-corrected chi connectivity index (χ2v) is 6.15. The van der Waals surface area contributed by atoms with Crippen LogP contribution >= 0.6 is 0 Å². The molecule has 1 atom stereocenters. The van der Waals surface area contributed by atoms with Crippen LogP contribution in [0.25, 0.3) is 11.0 Å². The van der Waals surface area contributed by atoms with E-state index in [2.05, 4.69) is 15.2 Å². The first-order valence-corrected chi connectivity index (χ1v) is 7.58. The lowest BCUT2D eigenvalue weighted by atomic mass is 9.84. The van der Waals surface area contributed by atoms with Gasteiger partial charge in [0.25, 0.3) is 5.91 Å². The Morgan fingerprint density at radius 1 is 1.43 bits per heavy atom. The standard InChI is InChI=1S/C16H19N3O2/c1-10-12-2-5-17-8-14(12)21-15(10)16(20)18-13-9-19-6-3-11(13)4-7-19/h2,5,8,11,13H,3-4,6-7,9H2,1H3,(H,18,20). The molecule has 3 fully saturated rings. The molecule has 5 heteroatoms. The number of nitrogens with zero attached hydrogens (tertiary/aromatic N) is 2. The van der Waals surface area contributed by atoms with Crippen LogP contribution in [0.2, 0.25) is 0 Å². The van der Waals surface area contributed by atoms with Crippen LogP contribution in [0.15, 0.2) is 22.9 Å². The number of fused-ring (bicyclic) bond motifs is 4. The average molecular weight is 285 g/mol. The molecule has 3 aliphatic rings. The number of piperidine rings is 3. The number of aromatic nitrogens is 1. The normalized spacial score (nSPS) is 28.0. The molecular weight excluding hydrogens is 266 g/mol. The number of hydrogen-bond donors (Lipinski definition) is 1. The van der Waals surface area contributed by atoms with Crippen molar-refractivity contribution in [3.8, 4) is 0 Å². The molecule has 0 aromatic carbocycles. The SMILES string of the molecule is Cc1c(C(=O)NC2CN3CCC2CC3)oc2cnccc12. The zero-order chi connectivity index (χ0) is 14.4. The van der Waals surface area contributed by atoms with E-state index in [0.717, 1.165) is 17.5 Å². The summed E-state index contributed by atoms with van der Waals surface area (Å²) in [4.78, 5) is 19.0. The molecule has 0 aliphatic carbocycles. The van der Waals surface area contributed by atoms with E-state index in [1.54, 1.807) is 12.4 Å². The molecule has 2 bridgehead atoms. The van der Waals surface area contributed by atoms with Crippen LogP contribution in [0.4, 0.5) is 0 Å². The highest BCUT2D eigenvalue weighted by molar-refractivity contribution is 5.98. The molecule has 1 N–H and O–H groups in total. The van der Waals surface area contributed by atoms with Crippen LogP contribution in [0.1, 0.15) is 29.0 Å². The van der Waals surface area contributed by atoms with Crippen molar-refractivity contribution in [3.05, 3.63) is 29.8 Å². The minimum atomic E-state index is -0.0950. The Morgan fingerprint density at radius 3 is 2.90 bits per heavy atom. The van der Waals surface area contributed by atoms with Gasteiger partial charge in [0.2, 0.25) is 0 Å². The van der Waals surface area contributed by atoms with Gasteiger partial charge in [-0.2, -0.15) is 0 Å². The molecule has 0 spiro atoms. The molecule has 110 valence electrons. The van der Waals surface area contributed by atoms with Crippen molar-refractivity contribution in [1.29, 1.82) is 0 Å². The molecule has 2 aromatic rings. The molecule has 3 saturated heterocycles. The lowest BCUT2D eigenvalue weighted by Crippen LogP contribution is -2.57. The quantitative estimate of drug-likeness (QED) is 0.916. The first-order chi connectivity index (χ1) is 10.2. The Morgan fingerprint density at radius 2 is 2.24 bits per heavy atom. The van der Waals surface area contributed by atoms with Crippen molar-refractivity contribution in [2.75, 3.05) is 19.6 Å². The Hall–Kier alpha value is -1.88. The van der Waals surface area contributed by atoms with Crippen LogP contribution in [-0.4, -0.2) is 41.5 Å². The van der Waals surface area contributed by atoms with E-state index in [9.17, 15) is 4.79 Å². The fourth-order valence-electron chi connectivity index (χ4n) is 3.66. The summed E-state index contributed by atoms with van der Waals surface area (Å²) in [6.07, 6.45) is 5.76. The van der Waals surface area contributed by atoms with Crippen molar-refractivity contribution in [2.45, 2.75) is 25.8 Å². The summed E-state index contributed by atoms with van der Waals surface area (Å²) < 4.78 is 5.69. The lowest BCUT2D eigenvalue weighted by Gasteiger charge is -2.44. The predicted octanol–water partition coefficient (Wildman–Crippen LogP) is 1.96. The summed E-state index contributed by atoms with van der Waals surface area (Å²) >= 11 is 0. The van der Waals surface area contributed by atoms with Crippen LogP contribution in [-0.2, 0) is 0 Å². The van der Waals surface area contributed by atoms with Gasteiger partial charge in [0.05, 0.1) is 6.20 Å². The molecule has 21 heavy (non-hydrogen) atoms. The molecule has 3 aliphatic heterocycles. The van der Waals surface area contributed by atoms with Crippen molar-refractivity contribution in [3.63, 3.8) is 0 Å². The molecule has 5 nitrogen and oxygen atoms in total. The van der Waals surface area contributed by atoms with Gasteiger partial charge in [-0.25, -0.2) is 0 Å². The third kappa shape index (κ3) is 2.12. The molecule has 0 saturated carbocycles. The van der Waals surface area contributed by atoms with Crippen molar-refractivity contribution >= 4 is 16.9 Å². The number of carbonyl (C=O) groups excluding carboxylic acids is 1. The van der Waals surface area contributed by atoms with Gasteiger partial charge < -0.3 is 14.6 Å². The van der Waals surface area contributed by atoms with Gasteiger partial charge in [-0.3, -0.25) is 9.78 Å². The smallest absolute Gasteiger partial charge is 0.287 e. The third-order valence-electron chi connectivity index (χ3n) is 4.92. The topological polar surface area (TPSA) is 58.4 Å². The zero-order valence-corrected chi connectivity index (χ0v) is 12.1. The largest absolute Gasteiger partial charge is 0.449 e. The van der Waals surface area contributed by atoms with Crippen LogP contribution < -0.4 is 5.32 Å². The fraction of sp³-hybridized carbons (Fsp3) is 0.500. The summed E-state index contributed by atoms with van der Waals surface area (Å²) in [6, 6.07) is 2.14. The minimum Gasteiger partial charge on any atom is -0.449 e. The number of pyridine rings is 1. The third-order valence-corrected chi connectivity index (χ3v) is 4.92. The van der Waals surface area contributed by atoms with E-state index in [1.807, 2.05) is 13.0 Å². The van der Waals surface area contributed by atoms with Gasteiger partial charge in [-0.15, -0.1) is 0 Å². The van der Waals surface area contributed by atoms with Crippen LogP contribution in [0.3, 0.4) is 0 Å². The van der Waals surface area contributed by atoms with Gasteiger partial charge in [-0.1, -0.05) is 0 Å². The van der Waals surface area contributed by atoms with Gasteiger partial charge in [0.15, 0.2) is 11.3 Å². The average Bonchev–Trinajstić information content (AvgIpc) is 2.86. The maximum absolute atomic E-state index is 12.5. The molecule has 1 unspecified atom stereocenters. The molecular formula is C16H19N3O2. The van der Waals surface area contributed by atoms with E-state index >= 15 is 0 Å². The summed E-state index contributed by atoms with van der Waals surface area (Å²) in [5.74, 6) is 0.946. The maximum Gasteiger partial charge on any atom is 0.287 e. The maximum atomic E-state index is 12.5. The molecule has 5 rings (SSSR count). The van der Waals surface area contributed by atoms with Crippen LogP contribution in [0.5, 0.6) is 0 Å². The highest BCUT2D eigenvalue weighted by Crippen LogP contribution is 2.29. The molecule has 2 aromatic heterocycles. The van der Waals surface area contributed by atoms with Gasteiger partial charge in [0.1, 0.15) is 0 Å². The molecule has 0 radical (unpaired) electrons. The Labute approximate surface area is 123 Å². The predicted molar refractivity (Wildman–Crippen MR) is 79.2 cm³/mol. The summed E-state index contributed by atoms with van der Waals surface area (Å²) in [5, 5.41) is 4.14. The minimum absolute atomic E-state index is 0.0950. The van der Waals surface area contributed by atoms with E-state index in [0.29, 0.717) is 17.3 Å². The van der Waals surface area contributed by atoms with E-state index < -0.39 is 0 Å². The second kappa shape index (κ2) is 4.84. The number of furan rings is 1. The van der Waals surface area contributed by atoms with Crippen molar-refractivity contribution in [1.82, 2.24) is 15.2 Å². The first kappa shape index (κ1) is 12.8. The van der Waals surface area contributed by atoms with Crippen molar-refractivity contribution in [2.24, 2.45) is 5.92 Å². The zero-order valence-electron chi connectivity index (χ0n) is 12.1. The summed E-state index contributed by atoms with van der Waals surface area (Å²) in [6.45, 7) is 5.24. The second-order valence-electron chi connectivity index (χ2n) is 6.15. The highest BCUT2D eigenvalue weighted by atomic mass is 16.3. The van der Waals surface area contributed by atoms with Gasteiger partial charge in [0, 0.05) is 29.7 Å². The van der Waals surface area contributed by atoms with Gasteiger partial charge >= 0.3 is 0 Å². The molecule has 1 amide bonds. The number of rotatable bonds is 2. The highest BCUT2D eigenvalue weighted by Gasteiger charge is 2.35. The number of carbonyl (C=O) groups is 1. The monoisotopic (exact) mass is 285 g/mol. The number of aryl methyl sites for hydroxylation is 1. The lowest BCUT2D eigenvalue weighted by molar-refractivity contribution is 0.0606. The van der Waals surface area contributed by atoms with E-state index in [1.165, 1.54) is 25.9 Å². The number of hydrogen-bond acceptors (Lipinski definition) is 4. The van der Waals surface area contributed by atoms with E-state index in [4.69, 9.17) is 4.42 Å². The Balaban J connectivity index is 1.58. The fourth-order valence-corrected chi connectivity index (χ4v) is 3.66. The molecule has 5 heterocycles. The van der Waals surface area contributed by atoms with Crippen molar-refractivity contribution < 1.29 is 9.21 Å². The number of amides is 1. The Kier molecular flexibility index (Phi) is 2.96. The van der Waals surface area contributed by atoms with Gasteiger partial charge in [-0.05, 0) is 44.8 Å². The van der Waals surface area contributed by atoms with E-state index in [-0.39, 0.29) is 11.9 Å². The number of nitrogens with one attached hydrogen (secondary N) is 1. The Bertz CT molecular complexity index is 686.